The van der Waals surface area contributed by atoms with E-state index in [1.165, 1.54) is 12.5 Å². The minimum absolute atomic E-state index is 0.110. The van der Waals surface area contributed by atoms with Crippen LogP contribution < -0.4 is 4.90 Å². The second kappa shape index (κ2) is 10.3. The molecule has 4 atom stereocenters. The first kappa shape index (κ1) is 25.9. The fraction of sp³-hybridized carbons (Fsp3) is 0.724. The number of amides is 2. The number of carbonyl (C=O) groups excluding carboxylic acids is 2. The number of piperidine rings is 2. The largest absolute Gasteiger partial charge is 0.447 e. The summed E-state index contributed by atoms with van der Waals surface area (Å²) in [5, 5.41) is 0. The molecule has 1 aliphatic carbocycles. The topological polar surface area (TPSA) is 71.6 Å². The Balaban J connectivity index is 1.13. The van der Waals surface area contributed by atoms with Gasteiger partial charge in [0.25, 0.3) is 0 Å². The third-order valence-electron chi connectivity index (χ3n) is 9.51. The van der Waals surface area contributed by atoms with Crippen LogP contribution in [0.2, 0.25) is 0 Å². The van der Waals surface area contributed by atoms with Gasteiger partial charge in [-0.1, -0.05) is 0 Å². The van der Waals surface area contributed by atoms with Gasteiger partial charge in [-0.15, -0.1) is 0 Å². The Morgan fingerprint density at radius 2 is 1.92 bits per heavy atom. The highest BCUT2D eigenvalue weighted by Crippen LogP contribution is 2.49. The summed E-state index contributed by atoms with van der Waals surface area (Å²) < 4.78 is 31.1. The lowest BCUT2D eigenvalue weighted by molar-refractivity contribution is 0.0427. The molecule has 1 saturated carbocycles. The lowest BCUT2D eigenvalue weighted by Crippen LogP contribution is -2.49. The van der Waals surface area contributed by atoms with E-state index in [1.54, 1.807) is 17.0 Å². The number of fused-ring (bicyclic) bond motifs is 3. The molecule has 1 aromatic rings. The van der Waals surface area contributed by atoms with Crippen molar-refractivity contribution < 1.29 is 28.2 Å². The van der Waals surface area contributed by atoms with Crippen LogP contribution in [0, 0.1) is 11.7 Å². The normalized spacial score (nSPS) is 30.5. The number of anilines is 1. The molecule has 4 fully saturated rings. The molecule has 4 heterocycles. The molecule has 38 heavy (non-hydrogen) atoms. The van der Waals surface area contributed by atoms with Crippen molar-refractivity contribution in [3.63, 3.8) is 0 Å². The van der Waals surface area contributed by atoms with Gasteiger partial charge in [0, 0.05) is 37.0 Å². The Hall–Kier alpha value is -2.39. The summed E-state index contributed by atoms with van der Waals surface area (Å²) in [7, 11) is 0. The Morgan fingerprint density at radius 1 is 1.11 bits per heavy atom. The van der Waals surface area contributed by atoms with E-state index in [0.29, 0.717) is 38.1 Å². The first-order valence-corrected chi connectivity index (χ1v) is 14.4. The average molecular weight is 530 g/mol. The number of likely N-dealkylation sites (tertiary alicyclic amines) is 2. The van der Waals surface area contributed by atoms with Crippen LogP contribution in [0.1, 0.15) is 64.4 Å². The highest BCUT2D eigenvalue weighted by atomic mass is 19.1. The van der Waals surface area contributed by atoms with Crippen molar-refractivity contribution in [2.75, 3.05) is 44.3 Å². The van der Waals surface area contributed by atoms with Crippen LogP contribution in [-0.4, -0.2) is 85.7 Å². The fourth-order valence-electron chi connectivity index (χ4n) is 7.61. The number of hydrogen-bond acceptors (Lipinski definition) is 6. The molecule has 0 aromatic heterocycles. The summed E-state index contributed by atoms with van der Waals surface area (Å²) >= 11 is 0. The van der Waals surface area contributed by atoms with Gasteiger partial charge < -0.3 is 24.0 Å². The van der Waals surface area contributed by atoms with Gasteiger partial charge in [0.2, 0.25) is 0 Å². The Kier molecular flexibility index (Phi) is 7.01. The van der Waals surface area contributed by atoms with Gasteiger partial charge in [0.15, 0.2) is 0 Å². The summed E-state index contributed by atoms with van der Waals surface area (Å²) in [6.07, 6.45) is 5.88. The summed E-state index contributed by atoms with van der Waals surface area (Å²) in [6, 6.07) is 5.47. The molecule has 1 spiro atoms. The van der Waals surface area contributed by atoms with Crippen molar-refractivity contribution in [2.45, 2.75) is 88.5 Å². The predicted octanol–water partition coefficient (Wildman–Crippen LogP) is 4.69. The van der Waals surface area contributed by atoms with E-state index in [2.05, 4.69) is 4.90 Å². The first-order chi connectivity index (χ1) is 18.3. The van der Waals surface area contributed by atoms with Gasteiger partial charge >= 0.3 is 12.2 Å². The van der Waals surface area contributed by atoms with Crippen molar-refractivity contribution in [1.82, 2.24) is 9.80 Å². The highest BCUT2D eigenvalue weighted by Gasteiger charge is 2.50. The molecular weight excluding hydrogens is 489 g/mol. The quantitative estimate of drug-likeness (QED) is 0.566. The van der Waals surface area contributed by atoms with Crippen LogP contribution in [-0.2, 0) is 19.6 Å². The highest BCUT2D eigenvalue weighted by molar-refractivity contribution is 5.91. The second-order valence-corrected chi connectivity index (χ2v) is 12.2. The predicted molar refractivity (Wildman–Crippen MR) is 140 cm³/mol. The van der Waals surface area contributed by atoms with Crippen molar-refractivity contribution in [3.8, 4) is 0 Å². The van der Waals surface area contributed by atoms with E-state index in [-0.39, 0.29) is 41.7 Å². The average Bonchev–Trinajstić information content (AvgIpc) is 3.62. The van der Waals surface area contributed by atoms with Gasteiger partial charge in [-0.2, -0.15) is 0 Å². The zero-order chi connectivity index (χ0) is 26.4. The van der Waals surface area contributed by atoms with Crippen molar-refractivity contribution in [1.29, 1.82) is 0 Å². The van der Waals surface area contributed by atoms with E-state index in [4.69, 9.17) is 14.2 Å². The number of halogens is 1. The molecule has 5 aliphatic rings. The SMILES string of the molecule is CC(C)OC(=O)N1CCCC2CC(N3CCC4(CC3)CN(C(=O)O[C@@H]3CCOC3)c3ccc(F)cc34)CC21. The lowest BCUT2D eigenvalue weighted by Gasteiger charge is -2.42. The Morgan fingerprint density at radius 3 is 2.66 bits per heavy atom. The second-order valence-electron chi connectivity index (χ2n) is 12.2. The molecule has 2 amide bonds. The van der Waals surface area contributed by atoms with Crippen LogP contribution in [0.25, 0.3) is 0 Å². The van der Waals surface area contributed by atoms with Crippen LogP contribution in [0.3, 0.4) is 0 Å². The van der Waals surface area contributed by atoms with E-state index in [9.17, 15) is 14.0 Å². The minimum atomic E-state index is -0.360. The van der Waals surface area contributed by atoms with Crippen LogP contribution in [0.15, 0.2) is 18.2 Å². The van der Waals surface area contributed by atoms with Gasteiger partial charge in [0.05, 0.1) is 25.0 Å². The number of nitrogens with zero attached hydrogens (tertiary/aromatic N) is 3. The van der Waals surface area contributed by atoms with E-state index in [1.807, 2.05) is 18.7 Å². The number of carbonyl (C=O) groups is 2. The molecule has 0 radical (unpaired) electrons. The minimum Gasteiger partial charge on any atom is -0.447 e. The monoisotopic (exact) mass is 529 g/mol. The van der Waals surface area contributed by atoms with Gasteiger partial charge in [0.1, 0.15) is 11.9 Å². The molecule has 0 bridgehead atoms. The van der Waals surface area contributed by atoms with E-state index < -0.39 is 0 Å². The molecule has 3 unspecified atom stereocenters. The molecule has 208 valence electrons. The molecule has 3 saturated heterocycles. The van der Waals surface area contributed by atoms with E-state index >= 15 is 0 Å². The molecular formula is C29H40FN3O5. The number of rotatable bonds is 3. The molecule has 9 heteroatoms. The third-order valence-corrected chi connectivity index (χ3v) is 9.51. The van der Waals surface area contributed by atoms with Crippen LogP contribution in [0.5, 0.6) is 0 Å². The maximum Gasteiger partial charge on any atom is 0.414 e. The Bertz CT molecular complexity index is 1050. The fourth-order valence-corrected chi connectivity index (χ4v) is 7.61. The van der Waals surface area contributed by atoms with Gasteiger partial charge in [-0.05, 0) is 95.1 Å². The summed E-state index contributed by atoms with van der Waals surface area (Å²) in [4.78, 5) is 32.2. The first-order valence-electron chi connectivity index (χ1n) is 14.4. The van der Waals surface area contributed by atoms with Crippen LogP contribution in [0.4, 0.5) is 19.7 Å². The third kappa shape index (κ3) is 4.76. The summed E-state index contributed by atoms with van der Waals surface area (Å²) in [5.41, 5.74) is 1.44. The molecule has 0 N–H and O–H groups in total. The maximum absolute atomic E-state index is 14.4. The number of ether oxygens (including phenoxy) is 3. The smallest absolute Gasteiger partial charge is 0.414 e. The Labute approximate surface area is 224 Å². The molecule has 6 rings (SSSR count). The lowest BCUT2D eigenvalue weighted by atomic mass is 9.74. The van der Waals surface area contributed by atoms with Crippen molar-refractivity contribution in [2.24, 2.45) is 5.92 Å². The molecule has 4 aliphatic heterocycles. The molecule has 1 aromatic carbocycles. The number of benzene rings is 1. The summed E-state index contributed by atoms with van der Waals surface area (Å²) in [6.45, 7) is 7.95. The standard InChI is InChI=1S/C29H40FN3O5/c1-19(2)37-27(34)32-10-3-4-20-14-22(16-26(20)32)31-11-8-29(9-12-31)18-33(25-6-5-21(30)15-24(25)29)28(35)38-23-7-13-36-17-23/h5-6,15,19-20,22-23,26H,3-4,7-14,16-18H2,1-2H3/t20?,22?,23-,26?/m1/s1. The maximum atomic E-state index is 14.4. The molecule has 8 nitrogen and oxygen atoms in total. The van der Waals surface area contributed by atoms with Gasteiger partial charge in [-0.25, -0.2) is 14.0 Å². The van der Waals surface area contributed by atoms with Crippen molar-refractivity contribution >= 4 is 17.9 Å². The zero-order valence-corrected chi connectivity index (χ0v) is 22.6. The zero-order valence-electron chi connectivity index (χ0n) is 22.6. The van der Waals surface area contributed by atoms with E-state index in [0.717, 1.165) is 63.0 Å². The van der Waals surface area contributed by atoms with Crippen LogP contribution >= 0.6 is 0 Å². The van der Waals surface area contributed by atoms with Gasteiger partial charge in [-0.3, -0.25) is 4.90 Å². The summed E-state index contributed by atoms with van der Waals surface area (Å²) in [5.74, 6) is 0.258. The van der Waals surface area contributed by atoms with Crippen molar-refractivity contribution in [3.05, 3.63) is 29.6 Å². The number of hydrogen-bond donors (Lipinski definition) is 0.